The van der Waals surface area contributed by atoms with E-state index >= 15 is 0 Å². The Morgan fingerprint density at radius 1 is 1.47 bits per heavy atom. The second-order valence-corrected chi connectivity index (χ2v) is 5.37. The van der Waals surface area contributed by atoms with Gasteiger partial charge >= 0.3 is 0 Å². The molecule has 0 spiro atoms. The molecule has 0 aliphatic carbocycles. The summed E-state index contributed by atoms with van der Waals surface area (Å²) < 4.78 is 8.41. The number of rotatable bonds is 5. The smallest absolute Gasteiger partial charge is 0.133 e. The fraction of sp³-hybridized carbons (Fsp3) is 0.455. The average molecular weight is 290 g/mol. The molecule has 0 bridgehead atoms. The van der Waals surface area contributed by atoms with Gasteiger partial charge in [-0.1, -0.05) is 6.92 Å². The molecule has 1 aromatic rings. The van der Waals surface area contributed by atoms with E-state index in [4.69, 9.17) is 4.74 Å². The van der Waals surface area contributed by atoms with Crippen LogP contribution in [0.25, 0.3) is 0 Å². The maximum atomic E-state index is 5.18. The molecular weight excluding hydrogens is 274 g/mol. The summed E-state index contributed by atoms with van der Waals surface area (Å²) in [5.41, 5.74) is 0. The summed E-state index contributed by atoms with van der Waals surface area (Å²) in [6.07, 6.45) is 1.17. The lowest BCUT2D eigenvalue weighted by Gasteiger charge is -2.14. The van der Waals surface area contributed by atoms with Gasteiger partial charge < -0.3 is 4.74 Å². The van der Waals surface area contributed by atoms with Crippen LogP contribution in [0.1, 0.15) is 13.3 Å². The van der Waals surface area contributed by atoms with Crippen LogP contribution in [-0.4, -0.2) is 25.0 Å². The lowest BCUT2D eigenvalue weighted by Crippen LogP contribution is -2.09. The number of hydrogen-bond donors (Lipinski definition) is 0. The molecule has 0 saturated heterocycles. The Hall–Kier alpha value is -0.190. The summed E-state index contributed by atoms with van der Waals surface area (Å²) in [7, 11) is 3.78. The zero-order valence-electron chi connectivity index (χ0n) is 9.29. The molecule has 1 aromatic carbocycles. The Morgan fingerprint density at radius 3 is 2.73 bits per heavy atom. The van der Waals surface area contributed by atoms with Gasteiger partial charge in [0.05, 0.1) is 11.6 Å². The third-order valence-corrected chi connectivity index (χ3v) is 3.50. The van der Waals surface area contributed by atoms with E-state index < -0.39 is 0 Å². The summed E-state index contributed by atoms with van der Waals surface area (Å²) in [5.74, 6) is 0.873. The van der Waals surface area contributed by atoms with E-state index in [1.165, 1.54) is 11.3 Å². The van der Waals surface area contributed by atoms with Gasteiger partial charge in [-0.3, -0.25) is 0 Å². The molecular formula is C11H16BrNOS. The van der Waals surface area contributed by atoms with Crippen molar-refractivity contribution < 1.29 is 4.74 Å². The lowest BCUT2D eigenvalue weighted by molar-refractivity contribution is 0.411. The van der Waals surface area contributed by atoms with Gasteiger partial charge in [0.15, 0.2) is 0 Å². The largest absolute Gasteiger partial charge is 0.496 e. The molecule has 0 aliphatic rings. The van der Waals surface area contributed by atoms with Gasteiger partial charge in [-0.25, -0.2) is 4.31 Å². The molecule has 0 atom stereocenters. The molecule has 0 amide bonds. The Balaban J connectivity index is 2.66. The van der Waals surface area contributed by atoms with Crippen molar-refractivity contribution in [3.05, 3.63) is 22.7 Å². The monoisotopic (exact) mass is 289 g/mol. The highest BCUT2D eigenvalue weighted by molar-refractivity contribution is 9.10. The van der Waals surface area contributed by atoms with Gasteiger partial charge in [0.25, 0.3) is 0 Å². The minimum atomic E-state index is 0.873. The SMILES string of the molecule is CCCN(C)Sc1ccc(OC)c(Br)c1. The van der Waals surface area contributed by atoms with Crippen molar-refractivity contribution in [3.63, 3.8) is 0 Å². The Morgan fingerprint density at radius 2 is 2.20 bits per heavy atom. The van der Waals surface area contributed by atoms with Crippen LogP contribution < -0.4 is 4.74 Å². The van der Waals surface area contributed by atoms with Crippen LogP contribution in [0.4, 0.5) is 0 Å². The highest BCUT2D eigenvalue weighted by Gasteiger charge is 2.04. The first-order valence-electron chi connectivity index (χ1n) is 4.90. The number of hydrogen-bond acceptors (Lipinski definition) is 3. The molecule has 0 aliphatic heterocycles. The Labute approximate surface area is 104 Å². The van der Waals surface area contributed by atoms with Gasteiger partial charge in [-0.15, -0.1) is 0 Å². The topological polar surface area (TPSA) is 12.5 Å². The highest BCUT2D eigenvalue weighted by atomic mass is 79.9. The molecule has 0 aromatic heterocycles. The quantitative estimate of drug-likeness (QED) is 0.765. The van der Waals surface area contributed by atoms with E-state index in [0.717, 1.165) is 16.8 Å². The highest BCUT2D eigenvalue weighted by Crippen LogP contribution is 2.30. The molecule has 15 heavy (non-hydrogen) atoms. The molecule has 2 nitrogen and oxygen atoms in total. The van der Waals surface area contributed by atoms with Gasteiger partial charge in [0.2, 0.25) is 0 Å². The fourth-order valence-electron chi connectivity index (χ4n) is 1.24. The fourth-order valence-corrected chi connectivity index (χ4v) is 2.87. The van der Waals surface area contributed by atoms with Gasteiger partial charge in [0.1, 0.15) is 5.75 Å². The minimum absolute atomic E-state index is 0.873. The maximum Gasteiger partial charge on any atom is 0.133 e. The van der Waals surface area contributed by atoms with E-state index in [1.54, 1.807) is 19.1 Å². The Kier molecular flexibility index (Phi) is 5.50. The van der Waals surface area contributed by atoms with Crippen LogP contribution in [0.2, 0.25) is 0 Å². The van der Waals surface area contributed by atoms with Crippen molar-refractivity contribution in [1.29, 1.82) is 0 Å². The third kappa shape index (κ3) is 4.05. The molecule has 0 saturated carbocycles. The Bertz CT molecular complexity index is 319. The standard InChI is InChI=1S/C11H16BrNOS/c1-4-7-13(2)15-9-5-6-11(14-3)10(12)8-9/h5-6,8H,4,7H2,1-3H3. The number of nitrogens with zero attached hydrogens (tertiary/aromatic N) is 1. The average Bonchev–Trinajstić information content (AvgIpc) is 2.18. The number of halogens is 1. The van der Waals surface area contributed by atoms with E-state index in [0.29, 0.717) is 0 Å². The normalized spacial score (nSPS) is 10.7. The van der Waals surface area contributed by atoms with Crippen LogP contribution in [0.3, 0.4) is 0 Å². The summed E-state index contributed by atoms with van der Waals surface area (Å²) in [5, 5.41) is 0. The zero-order valence-corrected chi connectivity index (χ0v) is 11.7. The summed E-state index contributed by atoms with van der Waals surface area (Å²) >= 11 is 5.23. The molecule has 0 radical (unpaired) electrons. The molecule has 0 unspecified atom stereocenters. The van der Waals surface area contributed by atoms with Crippen molar-refractivity contribution in [1.82, 2.24) is 4.31 Å². The van der Waals surface area contributed by atoms with Crippen LogP contribution in [-0.2, 0) is 0 Å². The predicted octanol–water partition coefficient (Wildman–Crippen LogP) is 3.81. The third-order valence-electron chi connectivity index (χ3n) is 1.92. The first-order valence-corrected chi connectivity index (χ1v) is 6.46. The van der Waals surface area contributed by atoms with Gasteiger partial charge in [-0.05, 0) is 59.5 Å². The van der Waals surface area contributed by atoms with Crippen molar-refractivity contribution in [2.24, 2.45) is 0 Å². The van der Waals surface area contributed by atoms with E-state index in [-0.39, 0.29) is 0 Å². The number of ether oxygens (including phenoxy) is 1. The van der Waals surface area contributed by atoms with E-state index in [9.17, 15) is 0 Å². The van der Waals surface area contributed by atoms with Crippen LogP contribution >= 0.6 is 27.9 Å². The number of benzene rings is 1. The van der Waals surface area contributed by atoms with Gasteiger partial charge in [0, 0.05) is 11.4 Å². The number of methoxy groups -OCH3 is 1. The second kappa shape index (κ2) is 6.40. The molecule has 0 heterocycles. The predicted molar refractivity (Wildman–Crippen MR) is 69.5 cm³/mol. The van der Waals surface area contributed by atoms with Crippen LogP contribution in [0, 0.1) is 0 Å². The second-order valence-electron chi connectivity index (χ2n) is 3.24. The van der Waals surface area contributed by atoms with Crippen molar-refractivity contribution in [2.45, 2.75) is 18.2 Å². The van der Waals surface area contributed by atoms with Crippen LogP contribution in [0.5, 0.6) is 5.75 Å². The molecule has 84 valence electrons. The minimum Gasteiger partial charge on any atom is -0.496 e. The first-order chi connectivity index (χ1) is 7.17. The van der Waals surface area contributed by atoms with Crippen molar-refractivity contribution >= 4 is 27.9 Å². The summed E-state index contributed by atoms with van der Waals surface area (Å²) in [6.45, 7) is 3.27. The summed E-state index contributed by atoms with van der Waals surface area (Å²) in [4.78, 5) is 1.22. The zero-order chi connectivity index (χ0) is 11.3. The van der Waals surface area contributed by atoms with Crippen LogP contribution in [0.15, 0.2) is 27.6 Å². The van der Waals surface area contributed by atoms with Crippen molar-refractivity contribution in [2.75, 3.05) is 20.7 Å². The molecule has 1 rings (SSSR count). The van der Waals surface area contributed by atoms with Crippen molar-refractivity contribution in [3.8, 4) is 5.75 Å². The molecule has 0 N–H and O–H groups in total. The van der Waals surface area contributed by atoms with E-state index in [1.807, 2.05) is 6.07 Å². The van der Waals surface area contributed by atoms with Gasteiger partial charge in [-0.2, -0.15) is 0 Å². The molecule has 0 fully saturated rings. The summed E-state index contributed by atoms with van der Waals surface area (Å²) in [6, 6.07) is 6.13. The lowest BCUT2D eigenvalue weighted by atomic mass is 10.3. The maximum absolute atomic E-state index is 5.18. The van der Waals surface area contributed by atoms with E-state index in [2.05, 4.69) is 46.3 Å². The molecule has 4 heteroatoms. The first kappa shape index (κ1) is 12.9.